The zero-order chi connectivity index (χ0) is 30.5. The number of rotatable bonds is 5. The lowest BCUT2D eigenvalue weighted by Gasteiger charge is -2.27. The highest BCUT2D eigenvalue weighted by molar-refractivity contribution is 7.26. The highest BCUT2D eigenvalue weighted by Gasteiger charge is 2.20. The van der Waals surface area contributed by atoms with Gasteiger partial charge in [0.25, 0.3) is 0 Å². The Kier molecular flexibility index (Phi) is 6.40. The van der Waals surface area contributed by atoms with E-state index in [1.807, 2.05) is 11.3 Å². The van der Waals surface area contributed by atoms with Gasteiger partial charge in [0.05, 0.1) is 5.69 Å². The molecular formula is C44H29NS. The first kappa shape index (κ1) is 26.7. The standard InChI is InChI=1S/C44H29NS/c1-3-12-30(13-4-1)31-22-25-35(26-23-31)45(34-16-5-2-6-17-34)42-29-41-40-28-33(37-21-11-15-32-14-7-8-18-36(32)37)24-27-43(40)46-44(41)39-20-10-9-19-38(39)42/h1-29H. The highest BCUT2D eigenvalue weighted by Crippen LogP contribution is 2.47. The van der Waals surface area contributed by atoms with Crippen molar-refractivity contribution in [2.24, 2.45) is 0 Å². The smallest absolute Gasteiger partial charge is 0.0547 e. The van der Waals surface area contributed by atoms with Crippen LogP contribution in [0, 0.1) is 0 Å². The van der Waals surface area contributed by atoms with E-state index >= 15 is 0 Å². The summed E-state index contributed by atoms with van der Waals surface area (Å²) in [5.41, 5.74) is 8.39. The molecular weight excluding hydrogens is 575 g/mol. The van der Waals surface area contributed by atoms with Gasteiger partial charge in [0.1, 0.15) is 0 Å². The molecule has 0 atom stereocenters. The molecule has 0 aliphatic carbocycles. The molecule has 0 fully saturated rings. The number of nitrogens with zero attached hydrogens (tertiary/aromatic N) is 1. The molecule has 1 aromatic heterocycles. The van der Waals surface area contributed by atoms with Crippen LogP contribution in [-0.2, 0) is 0 Å². The summed E-state index contributed by atoms with van der Waals surface area (Å²) in [6.45, 7) is 0. The zero-order valence-corrected chi connectivity index (χ0v) is 25.9. The lowest BCUT2D eigenvalue weighted by molar-refractivity contribution is 1.30. The summed E-state index contributed by atoms with van der Waals surface area (Å²) >= 11 is 1.89. The van der Waals surface area contributed by atoms with Crippen LogP contribution in [-0.4, -0.2) is 0 Å². The van der Waals surface area contributed by atoms with Crippen molar-refractivity contribution < 1.29 is 0 Å². The second-order valence-electron chi connectivity index (χ2n) is 11.7. The van der Waals surface area contributed by atoms with Crippen LogP contribution < -0.4 is 4.90 Å². The van der Waals surface area contributed by atoms with Crippen LogP contribution in [0.2, 0.25) is 0 Å². The Bertz CT molecular complexity index is 2510. The molecule has 8 aromatic carbocycles. The SMILES string of the molecule is c1ccc(-c2ccc(N(c3ccccc3)c3cc4c5cc(-c6cccc7ccccc67)ccc5sc4c4ccccc34)cc2)cc1. The molecule has 0 amide bonds. The molecule has 0 N–H and O–H groups in total. The van der Waals surface area contributed by atoms with Crippen molar-refractivity contribution >= 4 is 70.1 Å². The maximum atomic E-state index is 2.42. The van der Waals surface area contributed by atoms with E-state index in [1.54, 1.807) is 0 Å². The Morgan fingerprint density at radius 3 is 1.78 bits per heavy atom. The summed E-state index contributed by atoms with van der Waals surface area (Å²) in [5, 5.41) is 7.66. The molecule has 2 heteroatoms. The van der Waals surface area contributed by atoms with Gasteiger partial charge < -0.3 is 4.90 Å². The Morgan fingerprint density at radius 1 is 0.370 bits per heavy atom. The maximum absolute atomic E-state index is 2.42. The lowest BCUT2D eigenvalue weighted by Crippen LogP contribution is -2.10. The van der Waals surface area contributed by atoms with Gasteiger partial charge in [-0.1, -0.05) is 133 Å². The fourth-order valence-corrected chi connectivity index (χ4v) is 8.05. The van der Waals surface area contributed by atoms with Gasteiger partial charge in [0.2, 0.25) is 0 Å². The normalized spacial score (nSPS) is 11.5. The number of benzene rings is 8. The number of fused-ring (bicyclic) bond motifs is 6. The van der Waals surface area contributed by atoms with Crippen molar-refractivity contribution in [1.82, 2.24) is 0 Å². The van der Waals surface area contributed by atoms with Gasteiger partial charge in [-0.15, -0.1) is 11.3 Å². The fraction of sp³-hybridized carbons (Fsp3) is 0. The zero-order valence-electron chi connectivity index (χ0n) is 25.1. The van der Waals surface area contributed by atoms with Crippen LogP contribution >= 0.6 is 11.3 Å². The van der Waals surface area contributed by atoms with E-state index in [1.165, 1.54) is 69.7 Å². The number of hydrogen-bond donors (Lipinski definition) is 0. The van der Waals surface area contributed by atoms with E-state index in [2.05, 4.69) is 181 Å². The van der Waals surface area contributed by atoms with Crippen LogP contribution in [0.5, 0.6) is 0 Å². The third-order valence-corrected chi connectivity index (χ3v) is 10.3. The van der Waals surface area contributed by atoms with Gasteiger partial charge in [-0.05, 0) is 75.5 Å². The first-order valence-corrected chi connectivity index (χ1v) is 16.5. The predicted molar refractivity (Wildman–Crippen MR) is 200 cm³/mol. The topological polar surface area (TPSA) is 3.24 Å². The maximum Gasteiger partial charge on any atom is 0.0547 e. The molecule has 1 heterocycles. The van der Waals surface area contributed by atoms with Crippen molar-refractivity contribution in [2.45, 2.75) is 0 Å². The highest BCUT2D eigenvalue weighted by atomic mass is 32.1. The van der Waals surface area contributed by atoms with E-state index in [0.717, 1.165) is 11.4 Å². The summed E-state index contributed by atoms with van der Waals surface area (Å²) in [4.78, 5) is 2.41. The fourth-order valence-electron chi connectivity index (χ4n) is 6.85. The third-order valence-electron chi connectivity index (χ3n) is 9.04. The summed E-state index contributed by atoms with van der Waals surface area (Å²) in [6, 6.07) is 63.8. The van der Waals surface area contributed by atoms with E-state index < -0.39 is 0 Å². The minimum Gasteiger partial charge on any atom is -0.310 e. The van der Waals surface area contributed by atoms with Crippen molar-refractivity contribution in [1.29, 1.82) is 0 Å². The summed E-state index contributed by atoms with van der Waals surface area (Å²) in [6.07, 6.45) is 0. The quantitative estimate of drug-likeness (QED) is 0.189. The van der Waals surface area contributed by atoms with Crippen LogP contribution in [0.3, 0.4) is 0 Å². The average Bonchev–Trinajstić information content (AvgIpc) is 3.51. The molecule has 0 bridgehead atoms. The van der Waals surface area contributed by atoms with Gasteiger partial charge >= 0.3 is 0 Å². The van der Waals surface area contributed by atoms with Gasteiger partial charge in [-0.25, -0.2) is 0 Å². The van der Waals surface area contributed by atoms with Gasteiger partial charge in [0.15, 0.2) is 0 Å². The number of para-hydroxylation sites is 1. The minimum absolute atomic E-state index is 1.13. The number of thiophene rings is 1. The number of hydrogen-bond acceptors (Lipinski definition) is 2. The van der Waals surface area contributed by atoms with Crippen LogP contribution in [0.1, 0.15) is 0 Å². The van der Waals surface area contributed by atoms with Crippen molar-refractivity contribution in [3.8, 4) is 22.3 Å². The van der Waals surface area contributed by atoms with Crippen molar-refractivity contribution in [3.05, 3.63) is 176 Å². The second-order valence-corrected chi connectivity index (χ2v) is 12.8. The summed E-state index contributed by atoms with van der Waals surface area (Å²) in [7, 11) is 0. The molecule has 9 rings (SSSR count). The monoisotopic (exact) mass is 603 g/mol. The molecule has 0 aliphatic heterocycles. The third kappa shape index (κ3) is 4.46. The Balaban J connectivity index is 1.28. The Morgan fingerprint density at radius 2 is 0.978 bits per heavy atom. The molecule has 0 aliphatic rings. The van der Waals surface area contributed by atoms with E-state index in [4.69, 9.17) is 0 Å². The molecule has 0 spiro atoms. The molecule has 216 valence electrons. The first-order valence-electron chi connectivity index (χ1n) is 15.7. The van der Waals surface area contributed by atoms with E-state index in [-0.39, 0.29) is 0 Å². The number of anilines is 3. The molecule has 9 aromatic rings. The van der Waals surface area contributed by atoms with Gasteiger partial charge in [-0.3, -0.25) is 0 Å². The van der Waals surface area contributed by atoms with Crippen LogP contribution in [0.4, 0.5) is 17.1 Å². The lowest BCUT2D eigenvalue weighted by atomic mass is 9.96. The van der Waals surface area contributed by atoms with E-state index in [0.29, 0.717) is 0 Å². The Labute approximate surface area is 272 Å². The molecule has 0 radical (unpaired) electrons. The molecule has 46 heavy (non-hydrogen) atoms. The molecule has 0 unspecified atom stereocenters. The molecule has 1 nitrogen and oxygen atoms in total. The average molecular weight is 604 g/mol. The Hall–Kier alpha value is -5.70. The van der Waals surface area contributed by atoms with Gasteiger partial charge in [0, 0.05) is 42.3 Å². The van der Waals surface area contributed by atoms with Crippen LogP contribution in [0.25, 0.3) is 64.0 Å². The van der Waals surface area contributed by atoms with Crippen LogP contribution in [0.15, 0.2) is 176 Å². The first-order chi connectivity index (χ1) is 22.8. The molecule has 0 saturated heterocycles. The van der Waals surface area contributed by atoms with Crippen molar-refractivity contribution in [3.63, 3.8) is 0 Å². The summed E-state index contributed by atoms with van der Waals surface area (Å²) in [5.74, 6) is 0. The largest absolute Gasteiger partial charge is 0.310 e. The minimum atomic E-state index is 1.13. The van der Waals surface area contributed by atoms with Crippen molar-refractivity contribution in [2.75, 3.05) is 4.90 Å². The van der Waals surface area contributed by atoms with E-state index in [9.17, 15) is 0 Å². The summed E-state index contributed by atoms with van der Waals surface area (Å²) < 4.78 is 2.64. The predicted octanol–water partition coefficient (Wildman–Crippen LogP) is 13.2. The van der Waals surface area contributed by atoms with Gasteiger partial charge in [-0.2, -0.15) is 0 Å². The molecule has 0 saturated carbocycles. The second kappa shape index (κ2) is 11.0.